The average Bonchev–Trinajstić information content (AvgIpc) is 3.57. The Morgan fingerprint density at radius 2 is 1.83 bits per heavy atom. The Morgan fingerprint density at radius 3 is 2.69 bits per heavy atom. The van der Waals surface area contributed by atoms with Gasteiger partial charge in [0, 0.05) is 29.7 Å². The van der Waals surface area contributed by atoms with Crippen LogP contribution in [-0.4, -0.2) is 35.3 Å². The number of hydrogen-bond donors (Lipinski definition) is 0. The number of hydrogen-bond acceptors (Lipinski definition) is 5. The Balaban J connectivity index is 1.32. The van der Waals surface area contributed by atoms with Crippen LogP contribution in [0.4, 0.5) is 0 Å². The van der Waals surface area contributed by atoms with Gasteiger partial charge in [-0.2, -0.15) is 0 Å². The highest BCUT2D eigenvalue weighted by molar-refractivity contribution is 7.99. The van der Waals surface area contributed by atoms with E-state index in [0.717, 1.165) is 41.0 Å². The molecule has 0 saturated carbocycles. The van der Waals surface area contributed by atoms with Crippen LogP contribution in [0.25, 0.3) is 22.4 Å². The predicted molar refractivity (Wildman–Crippen MR) is 138 cm³/mol. The Bertz CT molecular complexity index is 1710. The molecule has 0 unspecified atom stereocenters. The molecule has 0 amide bonds. The smallest absolute Gasteiger partial charge is 0.262 e. The van der Waals surface area contributed by atoms with Gasteiger partial charge < -0.3 is 4.57 Å². The van der Waals surface area contributed by atoms with Gasteiger partial charge in [-0.15, -0.1) is 10.2 Å². The first-order valence-electron chi connectivity index (χ1n) is 11.7. The molecule has 5 aromatic rings. The third kappa shape index (κ3) is 3.43. The van der Waals surface area contributed by atoms with Crippen molar-refractivity contribution in [3.05, 3.63) is 87.0 Å². The molecule has 8 heteroatoms. The van der Waals surface area contributed by atoms with Gasteiger partial charge in [0.2, 0.25) is 5.78 Å². The summed E-state index contributed by atoms with van der Waals surface area (Å²) in [5, 5.41) is 9.70. The SMILES string of the molecule is Cc1cc(C(=O)CSc2nnc3n(C)c(=O)c4ccccc4n23)c(C)n1-c1ccc2c(c1)CCC2. The zero-order chi connectivity index (χ0) is 24.3. The summed E-state index contributed by atoms with van der Waals surface area (Å²) in [4.78, 5) is 26.0. The fourth-order valence-electron chi connectivity index (χ4n) is 5.25. The molecule has 35 heavy (non-hydrogen) atoms. The molecule has 3 heterocycles. The number of aromatic nitrogens is 5. The topological polar surface area (TPSA) is 74.2 Å². The third-order valence-corrected chi connectivity index (χ3v) is 7.93. The summed E-state index contributed by atoms with van der Waals surface area (Å²) in [6.07, 6.45) is 3.49. The van der Waals surface area contributed by atoms with Gasteiger partial charge in [-0.1, -0.05) is 30.0 Å². The zero-order valence-corrected chi connectivity index (χ0v) is 20.7. The highest BCUT2D eigenvalue weighted by Crippen LogP contribution is 2.29. The standard InChI is InChI=1S/C27H25N5O2S/c1-16-13-22(17(2)31(16)20-12-11-18-7-6-8-19(18)14-20)24(33)15-35-27-29-28-26-30(3)25(34)21-9-4-5-10-23(21)32(26)27/h4-5,9-14H,6-8,15H2,1-3H3. The van der Waals surface area contributed by atoms with Gasteiger partial charge in [0.25, 0.3) is 5.56 Å². The van der Waals surface area contributed by atoms with Crippen molar-refractivity contribution in [1.29, 1.82) is 0 Å². The first-order valence-corrected chi connectivity index (χ1v) is 12.7. The summed E-state index contributed by atoms with van der Waals surface area (Å²) in [6.45, 7) is 4.05. The Labute approximate surface area is 206 Å². The van der Waals surface area contributed by atoms with E-state index in [9.17, 15) is 9.59 Å². The van der Waals surface area contributed by atoms with E-state index in [0.29, 0.717) is 16.3 Å². The molecule has 0 N–H and O–H groups in total. The number of rotatable bonds is 5. The van der Waals surface area contributed by atoms with E-state index in [4.69, 9.17) is 0 Å². The van der Waals surface area contributed by atoms with Crippen molar-refractivity contribution in [3.8, 4) is 5.69 Å². The number of Topliss-reactive ketones (excluding diaryl/α,β-unsaturated/α-hetero) is 1. The number of benzene rings is 2. The number of para-hydroxylation sites is 1. The summed E-state index contributed by atoms with van der Waals surface area (Å²) in [5.74, 6) is 0.728. The van der Waals surface area contributed by atoms with Gasteiger partial charge in [-0.25, -0.2) is 0 Å². The van der Waals surface area contributed by atoms with Crippen LogP contribution in [0.15, 0.2) is 58.5 Å². The summed E-state index contributed by atoms with van der Waals surface area (Å²) >= 11 is 1.34. The zero-order valence-electron chi connectivity index (χ0n) is 19.9. The molecular formula is C27H25N5O2S. The van der Waals surface area contributed by atoms with E-state index < -0.39 is 0 Å². The van der Waals surface area contributed by atoms with E-state index in [1.807, 2.05) is 42.5 Å². The van der Waals surface area contributed by atoms with Crippen LogP contribution in [0.2, 0.25) is 0 Å². The van der Waals surface area contributed by atoms with Crippen LogP contribution in [0, 0.1) is 13.8 Å². The minimum absolute atomic E-state index is 0.0429. The van der Waals surface area contributed by atoms with E-state index in [1.165, 1.54) is 33.9 Å². The summed E-state index contributed by atoms with van der Waals surface area (Å²) in [6, 6.07) is 16.0. The quantitative estimate of drug-likeness (QED) is 0.273. The monoisotopic (exact) mass is 483 g/mol. The number of carbonyl (C=O) groups excluding carboxylic acids is 1. The van der Waals surface area contributed by atoms with Crippen LogP contribution in [0.3, 0.4) is 0 Å². The number of ketones is 1. The van der Waals surface area contributed by atoms with Crippen LogP contribution in [-0.2, 0) is 19.9 Å². The minimum atomic E-state index is -0.118. The number of carbonyl (C=O) groups is 1. The lowest BCUT2D eigenvalue weighted by Crippen LogP contribution is -2.20. The Hall–Kier alpha value is -3.65. The lowest BCUT2D eigenvalue weighted by atomic mass is 10.1. The third-order valence-electron chi connectivity index (χ3n) is 7.00. The molecule has 3 aromatic heterocycles. The molecule has 176 valence electrons. The highest BCUT2D eigenvalue weighted by Gasteiger charge is 2.21. The van der Waals surface area contributed by atoms with Crippen molar-refractivity contribution in [2.45, 2.75) is 38.3 Å². The largest absolute Gasteiger partial charge is 0.318 e. The van der Waals surface area contributed by atoms with E-state index >= 15 is 0 Å². The molecule has 0 spiro atoms. The molecule has 7 nitrogen and oxygen atoms in total. The fraction of sp³-hybridized carbons (Fsp3) is 0.259. The lowest BCUT2D eigenvalue weighted by molar-refractivity contribution is 0.102. The van der Waals surface area contributed by atoms with Gasteiger partial charge >= 0.3 is 0 Å². The van der Waals surface area contributed by atoms with Gasteiger partial charge in [0.15, 0.2) is 10.9 Å². The molecule has 1 aliphatic carbocycles. The second kappa shape index (κ2) is 8.23. The molecular weight excluding hydrogens is 458 g/mol. The van der Waals surface area contributed by atoms with E-state index in [2.05, 4.69) is 33.0 Å². The molecule has 0 fully saturated rings. The van der Waals surface area contributed by atoms with Gasteiger partial charge in [0.05, 0.1) is 16.7 Å². The molecule has 0 bridgehead atoms. The van der Waals surface area contributed by atoms with Crippen molar-refractivity contribution in [1.82, 2.24) is 23.7 Å². The number of thioether (sulfide) groups is 1. The van der Waals surface area contributed by atoms with Crippen molar-refractivity contribution in [3.63, 3.8) is 0 Å². The first kappa shape index (κ1) is 21.9. The van der Waals surface area contributed by atoms with E-state index in [1.54, 1.807) is 13.1 Å². The summed E-state index contributed by atoms with van der Waals surface area (Å²) in [7, 11) is 1.69. The van der Waals surface area contributed by atoms with Crippen LogP contribution in [0.5, 0.6) is 0 Å². The van der Waals surface area contributed by atoms with Crippen molar-refractivity contribution >= 4 is 34.2 Å². The molecule has 0 radical (unpaired) electrons. The molecule has 1 aliphatic rings. The van der Waals surface area contributed by atoms with E-state index in [-0.39, 0.29) is 17.1 Å². The number of aryl methyl sites for hydroxylation is 4. The highest BCUT2D eigenvalue weighted by atomic mass is 32.2. The van der Waals surface area contributed by atoms with Gasteiger partial charge in [0.1, 0.15) is 0 Å². The first-order chi connectivity index (χ1) is 16.9. The van der Waals surface area contributed by atoms with Crippen LogP contribution >= 0.6 is 11.8 Å². The van der Waals surface area contributed by atoms with Crippen molar-refractivity contribution in [2.75, 3.05) is 5.75 Å². The minimum Gasteiger partial charge on any atom is -0.318 e. The summed E-state index contributed by atoms with van der Waals surface area (Å²) in [5.41, 5.74) is 7.30. The van der Waals surface area contributed by atoms with Crippen LogP contribution < -0.4 is 5.56 Å². The lowest BCUT2D eigenvalue weighted by Gasteiger charge is -2.12. The normalized spacial score (nSPS) is 13.1. The second-order valence-electron chi connectivity index (χ2n) is 9.14. The maximum Gasteiger partial charge on any atom is 0.262 e. The molecule has 2 aromatic carbocycles. The average molecular weight is 484 g/mol. The maximum atomic E-state index is 13.3. The molecule has 6 rings (SSSR count). The van der Waals surface area contributed by atoms with Crippen LogP contribution in [0.1, 0.15) is 39.3 Å². The van der Waals surface area contributed by atoms with Gasteiger partial charge in [-0.3, -0.25) is 18.6 Å². The molecule has 0 atom stereocenters. The maximum absolute atomic E-state index is 13.3. The Kier molecular flexibility index (Phi) is 5.14. The second-order valence-corrected chi connectivity index (χ2v) is 10.1. The van der Waals surface area contributed by atoms with Gasteiger partial charge in [-0.05, 0) is 74.6 Å². The van der Waals surface area contributed by atoms with Crippen molar-refractivity contribution in [2.24, 2.45) is 7.05 Å². The van der Waals surface area contributed by atoms with Crippen molar-refractivity contribution < 1.29 is 4.79 Å². The molecule has 0 aliphatic heterocycles. The Morgan fingerprint density at radius 1 is 1.03 bits per heavy atom. The predicted octanol–water partition coefficient (Wildman–Crippen LogP) is 4.45. The molecule has 0 saturated heterocycles. The number of nitrogens with zero attached hydrogens (tertiary/aromatic N) is 5. The number of fused-ring (bicyclic) bond motifs is 4. The fourth-order valence-corrected chi connectivity index (χ4v) is 6.08. The summed E-state index contributed by atoms with van der Waals surface area (Å²) < 4.78 is 5.51.